The van der Waals surface area contributed by atoms with Gasteiger partial charge in [-0.25, -0.2) is 0 Å². The van der Waals surface area contributed by atoms with Crippen LogP contribution >= 0.6 is 11.3 Å². The molecule has 0 bridgehead atoms. The molecule has 3 aromatic heterocycles. The van der Waals surface area contributed by atoms with Crippen LogP contribution in [-0.4, -0.2) is 11.0 Å². The highest BCUT2D eigenvalue weighted by atomic mass is 32.1. The Morgan fingerprint density at radius 3 is 2.83 bits per heavy atom. The summed E-state index contributed by atoms with van der Waals surface area (Å²) in [5, 5.41) is 13.1. The number of furan rings is 2. The van der Waals surface area contributed by atoms with Crippen molar-refractivity contribution in [2.45, 2.75) is 26.5 Å². The number of aryl methyl sites for hydroxylation is 2. The van der Waals surface area contributed by atoms with Crippen LogP contribution in [0, 0.1) is 13.8 Å². The average Bonchev–Trinajstić information content (AvgIpc) is 3.25. The predicted molar refractivity (Wildman–Crippen MR) is 86.4 cm³/mol. The summed E-state index contributed by atoms with van der Waals surface area (Å²) in [4.78, 5) is 13.9. The second-order valence-electron chi connectivity index (χ2n) is 5.23. The van der Waals surface area contributed by atoms with E-state index in [0.717, 1.165) is 9.75 Å². The molecule has 3 rings (SSSR count). The lowest BCUT2D eigenvalue weighted by Gasteiger charge is -2.04. The molecular weight excluding hydrogens is 314 g/mol. The van der Waals surface area contributed by atoms with Crippen molar-refractivity contribution >= 4 is 17.2 Å². The van der Waals surface area contributed by atoms with Crippen LogP contribution in [0.15, 0.2) is 45.4 Å². The van der Waals surface area contributed by atoms with Crippen LogP contribution in [0.4, 0.5) is 0 Å². The molecule has 0 fully saturated rings. The monoisotopic (exact) mass is 331 g/mol. The first-order chi connectivity index (χ1) is 11.0. The Bertz CT molecular complexity index is 801. The van der Waals surface area contributed by atoms with Gasteiger partial charge in [-0.1, -0.05) is 0 Å². The summed E-state index contributed by atoms with van der Waals surface area (Å²) in [5.74, 6) is 1.67. The summed E-state index contributed by atoms with van der Waals surface area (Å²) in [5.41, 5.74) is 0.551. The molecule has 3 heterocycles. The Kier molecular flexibility index (Phi) is 4.36. The highest BCUT2D eigenvalue weighted by molar-refractivity contribution is 7.12. The smallest absolute Gasteiger partial charge is 0.255 e. The molecule has 0 saturated carbocycles. The number of thiophene rings is 1. The van der Waals surface area contributed by atoms with E-state index in [2.05, 4.69) is 5.32 Å². The van der Waals surface area contributed by atoms with Crippen molar-refractivity contribution in [2.75, 3.05) is 0 Å². The largest absolute Gasteiger partial charge is 0.466 e. The number of rotatable bonds is 5. The number of hydrogen-bond donors (Lipinski definition) is 2. The standard InChI is InChI=1S/C17H17NO4S/c1-10-8-13(11(2)22-10)17(20)18-9-12-5-6-15(23-12)16(19)14-4-3-7-21-14/h3-8,16,19H,9H2,1-2H3,(H,18,20)/t16-/m0/s1. The highest BCUT2D eigenvalue weighted by Gasteiger charge is 2.17. The molecule has 0 radical (unpaired) electrons. The molecule has 0 aliphatic carbocycles. The summed E-state index contributed by atoms with van der Waals surface area (Å²) in [6, 6.07) is 8.93. The summed E-state index contributed by atoms with van der Waals surface area (Å²) >= 11 is 1.44. The summed E-state index contributed by atoms with van der Waals surface area (Å²) in [6.45, 7) is 3.98. The zero-order valence-corrected chi connectivity index (χ0v) is 13.6. The Balaban J connectivity index is 1.63. The average molecular weight is 331 g/mol. The zero-order valence-electron chi connectivity index (χ0n) is 12.8. The van der Waals surface area contributed by atoms with Gasteiger partial charge in [-0.05, 0) is 44.2 Å². The van der Waals surface area contributed by atoms with E-state index in [1.165, 1.54) is 17.6 Å². The molecule has 0 saturated heterocycles. The molecule has 0 unspecified atom stereocenters. The minimum absolute atomic E-state index is 0.166. The van der Waals surface area contributed by atoms with Gasteiger partial charge >= 0.3 is 0 Å². The van der Waals surface area contributed by atoms with Crippen LogP contribution < -0.4 is 5.32 Å². The number of carbonyl (C=O) groups is 1. The number of aliphatic hydroxyl groups is 1. The van der Waals surface area contributed by atoms with Crippen molar-refractivity contribution in [2.24, 2.45) is 0 Å². The van der Waals surface area contributed by atoms with E-state index < -0.39 is 6.10 Å². The summed E-state index contributed by atoms with van der Waals surface area (Å²) < 4.78 is 10.6. The maximum absolute atomic E-state index is 12.1. The van der Waals surface area contributed by atoms with Crippen LogP contribution in [-0.2, 0) is 6.54 Å². The summed E-state index contributed by atoms with van der Waals surface area (Å²) in [6.07, 6.45) is 0.751. The van der Waals surface area contributed by atoms with Gasteiger partial charge in [0.1, 0.15) is 23.4 Å². The van der Waals surface area contributed by atoms with Gasteiger partial charge in [0, 0.05) is 9.75 Å². The minimum Gasteiger partial charge on any atom is -0.466 e. The van der Waals surface area contributed by atoms with Crippen molar-refractivity contribution in [1.82, 2.24) is 5.32 Å². The molecule has 0 aliphatic rings. The molecule has 5 nitrogen and oxygen atoms in total. The molecule has 23 heavy (non-hydrogen) atoms. The Morgan fingerprint density at radius 2 is 2.17 bits per heavy atom. The van der Waals surface area contributed by atoms with Gasteiger partial charge in [0.25, 0.3) is 5.91 Å². The van der Waals surface area contributed by atoms with Crippen molar-refractivity contribution in [1.29, 1.82) is 0 Å². The maximum Gasteiger partial charge on any atom is 0.255 e. The van der Waals surface area contributed by atoms with Crippen LogP contribution in [0.2, 0.25) is 0 Å². The number of aliphatic hydroxyl groups excluding tert-OH is 1. The lowest BCUT2D eigenvalue weighted by molar-refractivity contribution is 0.0950. The molecule has 0 aromatic carbocycles. The van der Waals surface area contributed by atoms with E-state index >= 15 is 0 Å². The normalized spacial score (nSPS) is 12.3. The second-order valence-corrected chi connectivity index (χ2v) is 6.43. The first-order valence-corrected chi connectivity index (χ1v) is 8.01. The van der Waals surface area contributed by atoms with Crippen LogP contribution in [0.3, 0.4) is 0 Å². The van der Waals surface area contributed by atoms with Crippen LogP contribution in [0.1, 0.15) is 43.5 Å². The first-order valence-electron chi connectivity index (χ1n) is 7.20. The van der Waals surface area contributed by atoms with E-state index in [1.54, 1.807) is 25.1 Å². The third-order valence-electron chi connectivity index (χ3n) is 3.47. The van der Waals surface area contributed by atoms with Gasteiger partial charge < -0.3 is 19.3 Å². The van der Waals surface area contributed by atoms with Gasteiger partial charge in [0.2, 0.25) is 0 Å². The van der Waals surface area contributed by atoms with E-state index in [9.17, 15) is 9.90 Å². The minimum atomic E-state index is -0.779. The van der Waals surface area contributed by atoms with E-state index in [4.69, 9.17) is 8.83 Å². The molecular formula is C17H17NO4S. The molecule has 1 atom stereocenters. The second kappa shape index (κ2) is 6.44. The lowest BCUT2D eigenvalue weighted by atomic mass is 10.2. The van der Waals surface area contributed by atoms with Gasteiger partial charge in [0.05, 0.1) is 18.4 Å². The van der Waals surface area contributed by atoms with Crippen molar-refractivity contribution in [3.63, 3.8) is 0 Å². The topological polar surface area (TPSA) is 75.6 Å². The Labute approximate surface area is 137 Å². The fraction of sp³-hybridized carbons (Fsp3) is 0.235. The summed E-state index contributed by atoms with van der Waals surface area (Å²) in [7, 11) is 0. The molecule has 6 heteroatoms. The molecule has 0 aliphatic heterocycles. The third-order valence-corrected chi connectivity index (χ3v) is 4.61. The molecule has 3 aromatic rings. The van der Waals surface area contributed by atoms with Crippen molar-refractivity contribution < 1.29 is 18.7 Å². The van der Waals surface area contributed by atoms with Crippen LogP contribution in [0.25, 0.3) is 0 Å². The van der Waals surface area contributed by atoms with Gasteiger partial charge in [-0.15, -0.1) is 11.3 Å². The van der Waals surface area contributed by atoms with Gasteiger partial charge in [-0.3, -0.25) is 4.79 Å². The first kappa shape index (κ1) is 15.6. The number of amides is 1. The number of nitrogens with one attached hydrogen (secondary N) is 1. The zero-order chi connectivity index (χ0) is 16.4. The predicted octanol–water partition coefficient (Wildman–Crippen LogP) is 3.56. The number of carbonyl (C=O) groups excluding carboxylic acids is 1. The number of hydrogen-bond acceptors (Lipinski definition) is 5. The third kappa shape index (κ3) is 3.38. The van der Waals surface area contributed by atoms with Crippen LogP contribution in [0.5, 0.6) is 0 Å². The van der Waals surface area contributed by atoms with E-state index in [0.29, 0.717) is 29.4 Å². The van der Waals surface area contributed by atoms with E-state index in [-0.39, 0.29) is 5.91 Å². The fourth-order valence-corrected chi connectivity index (χ4v) is 3.29. The van der Waals surface area contributed by atoms with Gasteiger partial charge in [0.15, 0.2) is 0 Å². The van der Waals surface area contributed by atoms with Gasteiger partial charge in [-0.2, -0.15) is 0 Å². The Morgan fingerprint density at radius 1 is 1.35 bits per heavy atom. The molecule has 120 valence electrons. The van der Waals surface area contributed by atoms with E-state index in [1.807, 2.05) is 19.1 Å². The molecule has 2 N–H and O–H groups in total. The lowest BCUT2D eigenvalue weighted by Crippen LogP contribution is -2.22. The Hall–Kier alpha value is -2.31. The van der Waals surface area contributed by atoms with Crippen molar-refractivity contribution in [3.8, 4) is 0 Å². The maximum atomic E-state index is 12.1. The fourth-order valence-electron chi connectivity index (χ4n) is 2.34. The van der Waals surface area contributed by atoms with Crippen molar-refractivity contribution in [3.05, 3.63) is 69.2 Å². The SMILES string of the molecule is Cc1cc(C(=O)NCc2ccc([C@@H](O)c3ccco3)s2)c(C)o1. The highest BCUT2D eigenvalue weighted by Crippen LogP contribution is 2.28. The molecule has 1 amide bonds. The molecule has 0 spiro atoms. The quantitative estimate of drug-likeness (QED) is 0.749.